The molecule has 6 nitrogen and oxygen atoms in total. The van der Waals surface area contributed by atoms with Crippen molar-refractivity contribution in [3.8, 4) is 0 Å². The molecule has 0 saturated carbocycles. The number of nitrogens with zero attached hydrogens (tertiary/aromatic N) is 5. The van der Waals surface area contributed by atoms with Crippen LogP contribution >= 0.6 is 0 Å². The van der Waals surface area contributed by atoms with Gasteiger partial charge in [0.2, 0.25) is 0 Å². The Morgan fingerprint density at radius 2 is 2.05 bits per heavy atom. The maximum atomic E-state index is 4.61. The highest BCUT2D eigenvalue weighted by Gasteiger charge is 2.21. The topological polar surface area (TPSA) is 68.5 Å². The molecular weight excluding hydrogens is 264 g/mol. The van der Waals surface area contributed by atoms with Gasteiger partial charge in [0, 0.05) is 12.5 Å². The summed E-state index contributed by atoms with van der Waals surface area (Å²) in [5.74, 6) is 2.74. The van der Waals surface area contributed by atoms with Crippen LogP contribution in [0.2, 0.25) is 0 Å². The Morgan fingerprint density at radius 3 is 2.95 bits per heavy atom. The monoisotopic (exact) mass is 280 g/mol. The summed E-state index contributed by atoms with van der Waals surface area (Å²) in [7, 11) is 0. The maximum absolute atomic E-state index is 4.61. The predicted octanol–water partition coefficient (Wildman–Crippen LogP) is 1.96. The quantitative estimate of drug-likeness (QED) is 0.777. The molecule has 106 valence electrons. The fraction of sp³-hybridized carbons (Fsp3) is 0.333. The molecule has 0 radical (unpaired) electrons. The van der Waals surface area contributed by atoms with Gasteiger partial charge in [-0.2, -0.15) is 5.10 Å². The Balaban J connectivity index is 1.55. The zero-order valence-corrected chi connectivity index (χ0v) is 11.8. The minimum Gasteiger partial charge on any atom is -0.364 e. The van der Waals surface area contributed by atoms with E-state index in [1.165, 1.54) is 0 Å². The second-order valence-corrected chi connectivity index (χ2v) is 5.38. The molecule has 0 aliphatic carbocycles. The van der Waals surface area contributed by atoms with Crippen molar-refractivity contribution in [2.45, 2.75) is 32.4 Å². The van der Waals surface area contributed by atoms with Crippen molar-refractivity contribution in [3.05, 3.63) is 42.1 Å². The molecule has 0 saturated heterocycles. The fourth-order valence-corrected chi connectivity index (χ4v) is 2.79. The number of para-hydroxylation sites is 2. The summed E-state index contributed by atoms with van der Waals surface area (Å²) in [5, 5.41) is 7.88. The third-order valence-corrected chi connectivity index (χ3v) is 3.76. The van der Waals surface area contributed by atoms with Crippen molar-refractivity contribution in [2.24, 2.45) is 0 Å². The van der Waals surface area contributed by atoms with Crippen LogP contribution in [-0.2, 0) is 13.0 Å². The Bertz CT molecular complexity index is 794. The first-order valence-corrected chi connectivity index (χ1v) is 7.16. The normalized spacial score (nSPS) is 17.7. The van der Waals surface area contributed by atoms with Gasteiger partial charge in [-0.3, -0.25) is 4.98 Å². The van der Waals surface area contributed by atoms with Crippen molar-refractivity contribution in [1.29, 1.82) is 0 Å². The van der Waals surface area contributed by atoms with E-state index in [1.54, 1.807) is 6.20 Å². The highest BCUT2D eigenvalue weighted by molar-refractivity contribution is 5.75. The summed E-state index contributed by atoms with van der Waals surface area (Å²) in [6.07, 6.45) is 3.77. The van der Waals surface area contributed by atoms with Crippen LogP contribution in [0.5, 0.6) is 0 Å². The van der Waals surface area contributed by atoms with Crippen molar-refractivity contribution in [2.75, 3.05) is 5.32 Å². The van der Waals surface area contributed by atoms with E-state index in [9.17, 15) is 0 Å². The molecule has 1 aromatic carbocycles. The third kappa shape index (κ3) is 2.33. The van der Waals surface area contributed by atoms with Crippen molar-refractivity contribution >= 4 is 16.9 Å². The zero-order chi connectivity index (χ0) is 14.2. The molecule has 0 bridgehead atoms. The lowest BCUT2D eigenvalue weighted by molar-refractivity contribution is 0.440. The standard InChI is InChI=1S/C15H16N6/c1-10-17-15-7-6-11(9-21(15)20-10)18-14-8-16-12-4-2-3-5-13(12)19-14/h2-5,8,11H,6-7,9H2,1H3,(H,18,19)/t11-/m1/s1. The van der Waals surface area contributed by atoms with Crippen molar-refractivity contribution in [3.63, 3.8) is 0 Å². The van der Waals surface area contributed by atoms with Gasteiger partial charge in [-0.25, -0.2) is 14.6 Å². The Hall–Kier alpha value is -2.50. The first-order chi connectivity index (χ1) is 10.3. The van der Waals surface area contributed by atoms with Crippen LogP contribution in [0.3, 0.4) is 0 Å². The number of fused-ring (bicyclic) bond motifs is 2. The number of hydrogen-bond donors (Lipinski definition) is 1. The molecule has 1 atom stereocenters. The predicted molar refractivity (Wildman–Crippen MR) is 80.0 cm³/mol. The number of benzene rings is 1. The van der Waals surface area contributed by atoms with Gasteiger partial charge in [0.1, 0.15) is 17.5 Å². The molecule has 0 spiro atoms. The number of nitrogens with one attached hydrogen (secondary N) is 1. The van der Waals surface area contributed by atoms with Crippen LogP contribution in [0.25, 0.3) is 11.0 Å². The second kappa shape index (κ2) is 4.80. The second-order valence-electron chi connectivity index (χ2n) is 5.38. The van der Waals surface area contributed by atoms with Crippen LogP contribution in [0.15, 0.2) is 30.5 Å². The molecule has 0 amide bonds. The molecule has 6 heteroatoms. The average molecular weight is 280 g/mol. The van der Waals surface area contributed by atoms with Gasteiger partial charge in [-0.05, 0) is 25.5 Å². The number of rotatable bonds is 2. The smallest absolute Gasteiger partial charge is 0.147 e. The van der Waals surface area contributed by atoms with E-state index >= 15 is 0 Å². The number of aryl methyl sites for hydroxylation is 2. The minimum absolute atomic E-state index is 0.314. The molecular formula is C15H16N6. The summed E-state index contributed by atoms with van der Waals surface area (Å²) in [4.78, 5) is 13.5. The molecule has 1 aliphatic rings. The van der Waals surface area contributed by atoms with E-state index in [0.29, 0.717) is 6.04 Å². The molecule has 4 rings (SSSR count). The highest BCUT2D eigenvalue weighted by atomic mass is 15.4. The molecule has 0 fully saturated rings. The van der Waals surface area contributed by atoms with E-state index in [-0.39, 0.29) is 0 Å². The maximum Gasteiger partial charge on any atom is 0.147 e. The number of hydrogen-bond acceptors (Lipinski definition) is 5. The molecule has 3 heterocycles. The molecule has 21 heavy (non-hydrogen) atoms. The van der Waals surface area contributed by atoms with E-state index < -0.39 is 0 Å². The summed E-state index contributed by atoms with van der Waals surface area (Å²) in [5.41, 5.74) is 1.83. The summed E-state index contributed by atoms with van der Waals surface area (Å²) in [6, 6.07) is 8.21. The van der Waals surface area contributed by atoms with Crippen LogP contribution in [0.1, 0.15) is 18.1 Å². The van der Waals surface area contributed by atoms with Gasteiger partial charge in [-0.1, -0.05) is 12.1 Å². The van der Waals surface area contributed by atoms with Crippen LogP contribution in [0, 0.1) is 6.92 Å². The molecule has 2 aromatic heterocycles. The van der Waals surface area contributed by atoms with Gasteiger partial charge in [0.15, 0.2) is 0 Å². The van der Waals surface area contributed by atoms with Gasteiger partial charge in [0.05, 0.1) is 23.8 Å². The molecule has 1 N–H and O–H groups in total. The SMILES string of the molecule is Cc1nc2n(n1)C[C@H](Nc1cnc3ccccc3n1)CC2. The third-order valence-electron chi connectivity index (χ3n) is 3.76. The van der Waals surface area contributed by atoms with Gasteiger partial charge >= 0.3 is 0 Å². The fourth-order valence-electron chi connectivity index (χ4n) is 2.79. The van der Waals surface area contributed by atoms with Crippen LogP contribution < -0.4 is 5.32 Å². The first kappa shape index (κ1) is 12.3. The Kier molecular flexibility index (Phi) is 2.80. The largest absolute Gasteiger partial charge is 0.364 e. The van der Waals surface area contributed by atoms with E-state index in [2.05, 4.69) is 25.4 Å². The molecule has 0 unspecified atom stereocenters. The lowest BCUT2D eigenvalue weighted by Crippen LogP contribution is -2.32. The van der Waals surface area contributed by atoms with Crippen molar-refractivity contribution < 1.29 is 0 Å². The van der Waals surface area contributed by atoms with Crippen LogP contribution in [0.4, 0.5) is 5.82 Å². The van der Waals surface area contributed by atoms with E-state index in [4.69, 9.17) is 0 Å². The Morgan fingerprint density at radius 1 is 1.19 bits per heavy atom. The van der Waals surface area contributed by atoms with E-state index in [1.807, 2.05) is 35.9 Å². The molecule has 1 aliphatic heterocycles. The highest BCUT2D eigenvalue weighted by Crippen LogP contribution is 2.17. The van der Waals surface area contributed by atoms with Crippen molar-refractivity contribution in [1.82, 2.24) is 24.7 Å². The number of aromatic nitrogens is 5. The van der Waals surface area contributed by atoms with Gasteiger partial charge in [-0.15, -0.1) is 0 Å². The van der Waals surface area contributed by atoms with E-state index in [0.717, 1.165) is 47.9 Å². The first-order valence-electron chi connectivity index (χ1n) is 7.16. The summed E-state index contributed by atoms with van der Waals surface area (Å²) >= 11 is 0. The van der Waals surface area contributed by atoms with Gasteiger partial charge < -0.3 is 5.32 Å². The molecule has 3 aromatic rings. The van der Waals surface area contributed by atoms with Crippen LogP contribution in [-0.4, -0.2) is 30.8 Å². The lowest BCUT2D eigenvalue weighted by Gasteiger charge is -2.23. The minimum atomic E-state index is 0.314. The van der Waals surface area contributed by atoms with Gasteiger partial charge in [0.25, 0.3) is 0 Å². The lowest BCUT2D eigenvalue weighted by atomic mass is 10.1. The number of anilines is 1. The zero-order valence-electron chi connectivity index (χ0n) is 11.8. The summed E-state index contributed by atoms with van der Waals surface area (Å²) < 4.78 is 1.99. The Labute approximate surface area is 122 Å². The average Bonchev–Trinajstić information content (AvgIpc) is 2.86. The summed E-state index contributed by atoms with van der Waals surface area (Å²) in [6.45, 7) is 2.76.